The average molecular weight is 361 g/mol. The molecule has 0 unspecified atom stereocenters. The van der Waals surface area contributed by atoms with Crippen molar-refractivity contribution in [2.75, 3.05) is 50.1 Å². The van der Waals surface area contributed by atoms with E-state index in [0.29, 0.717) is 32.0 Å². The number of aryl methyl sites for hydroxylation is 1. The number of rotatable bonds is 3. The summed E-state index contributed by atoms with van der Waals surface area (Å²) in [6.07, 6.45) is 0. The maximum absolute atomic E-state index is 13.8. The molecule has 1 aromatic heterocycles. The van der Waals surface area contributed by atoms with E-state index in [4.69, 9.17) is 0 Å². The van der Waals surface area contributed by atoms with Crippen LogP contribution in [0.1, 0.15) is 16.2 Å². The number of nitrogens with zero attached hydrogens (tertiary/aromatic N) is 5. The number of piperazine rings is 1. The first kappa shape index (κ1) is 18.0. The SMILES string of the molecule is Cc1nc(N(C)C)cc(N2CCN(C(=O)c3c(F)cccc3F)CC2)n1. The van der Waals surface area contributed by atoms with Crippen molar-refractivity contribution in [1.29, 1.82) is 0 Å². The molecule has 1 aliphatic heterocycles. The van der Waals surface area contributed by atoms with Crippen molar-refractivity contribution < 1.29 is 13.6 Å². The molecule has 2 heterocycles. The van der Waals surface area contributed by atoms with Gasteiger partial charge in [0.1, 0.15) is 34.7 Å². The molecule has 1 fully saturated rings. The molecule has 3 rings (SSSR count). The number of hydrogen-bond acceptors (Lipinski definition) is 5. The number of hydrogen-bond donors (Lipinski definition) is 0. The molecule has 26 heavy (non-hydrogen) atoms. The van der Waals surface area contributed by atoms with Gasteiger partial charge in [0.15, 0.2) is 0 Å². The summed E-state index contributed by atoms with van der Waals surface area (Å²) in [5, 5.41) is 0. The topological polar surface area (TPSA) is 52.6 Å². The second-order valence-corrected chi connectivity index (χ2v) is 6.40. The Morgan fingerprint density at radius 1 is 1.08 bits per heavy atom. The van der Waals surface area contributed by atoms with E-state index in [1.54, 1.807) is 0 Å². The second-order valence-electron chi connectivity index (χ2n) is 6.40. The van der Waals surface area contributed by atoms with Crippen molar-refractivity contribution >= 4 is 17.5 Å². The highest BCUT2D eigenvalue weighted by Crippen LogP contribution is 2.21. The zero-order chi connectivity index (χ0) is 18.8. The quantitative estimate of drug-likeness (QED) is 0.838. The van der Waals surface area contributed by atoms with Crippen LogP contribution in [0.5, 0.6) is 0 Å². The summed E-state index contributed by atoms with van der Waals surface area (Å²) in [7, 11) is 3.82. The number of aromatic nitrogens is 2. The highest BCUT2D eigenvalue weighted by Gasteiger charge is 2.27. The third-order valence-corrected chi connectivity index (χ3v) is 4.34. The predicted octanol–water partition coefficient (Wildman–Crippen LogP) is 2.09. The summed E-state index contributed by atoms with van der Waals surface area (Å²) in [5.41, 5.74) is -0.492. The van der Waals surface area contributed by atoms with Crippen molar-refractivity contribution in [2.45, 2.75) is 6.92 Å². The van der Waals surface area contributed by atoms with Crippen molar-refractivity contribution in [3.8, 4) is 0 Å². The zero-order valence-corrected chi connectivity index (χ0v) is 15.0. The Kier molecular flexibility index (Phi) is 5.01. The predicted molar refractivity (Wildman–Crippen MR) is 95.6 cm³/mol. The summed E-state index contributed by atoms with van der Waals surface area (Å²) < 4.78 is 27.7. The minimum absolute atomic E-state index is 0.368. The Morgan fingerprint density at radius 3 is 2.27 bits per heavy atom. The van der Waals surface area contributed by atoms with E-state index in [-0.39, 0.29) is 0 Å². The van der Waals surface area contributed by atoms with Gasteiger partial charge in [-0.05, 0) is 19.1 Å². The van der Waals surface area contributed by atoms with E-state index in [9.17, 15) is 13.6 Å². The largest absolute Gasteiger partial charge is 0.363 e. The Hall–Kier alpha value is -2.77. The Morgan fingerprint density at radius 2 is 1.69 bits per heavy atom. The van der Waals surface area contributed by atoms with Gasteiger partial charge in [-0.15, -0.1) is 0 Å². The molecule has 0 spiro atoms. The monoisotopic (exact) mass is 361 g/mol. The second kappa shape index (κ2) is 7.23. The van der Waals surface area contributed by atoms with Crippen molar-refractivity contribution in [2.24, 2.45) is 0 Å². The number of halogens is 2. The van der Waals surface area contributed by atoms with Crippen LogP contribution in [0, 0.1) is 18.6 Å². The van der Waals surface area contributed by atoms with Crippen molar-refractivity contribution in [3.63, 3.8) is 0 Å². The van der Waals surface area contributed by atoms with Gasteiger partial charge in [0, 0.05) is 46.3 Å². The first-order valence-electron chi connectivity index (χ1n) is 8.38. The lowest BCUT2D eigenvalue weighted by Crippen LogP contribution is -2.49. The molecule has 6 nitrogen and oxygen atoms in total. The minimum atomic E-state index is -0.834. The Bertz CT molecular complexity index is 799. The molecule has 0 radical (unpaired) electrons. The molecular formula is C18H21F2N5O. The summed E-state index contributed by atoms with van der Waals surface area (Å²) in [5.74, 6) is -0.0324. The molecule has 1 aliphatic rings. The lowest BCUT2D eigenvalue weighted by atomic mass is 10.1. The van der Waals surface area contributed by atoms with E-state index in [1.165, 1.54) is 11.0 Å². The van der Waals surface area contributed by atoms with E-state index in [1.807, 2.05) is 36.9 Å². The smallest absolute Gasteiger partial charge is 0.259 e. The van der Waals surface area contributed by atoms with Crippen molar-refractivity contribution in [3.05, 3.63) is 47.3 Å². The van der Waals surface area contributed by atoms with E-state index in [0.717, 1.165) is 23.8 Å². The van der Waals surface area contributed by atoms with Crippen LogP contribution >= 0.6 is 0 Å². The van der Waals surface area contributed by atoms with Crippen LogP contribution in [-0.4, -0.2) is 61.0 Å². The summed E-state index contributed by atoms with van der Waals surface area (Å²) in [6.45, 7) is 3.63. The molecule has 2 aromatic rings. The molecule has 1 amide bonds. The average Bonchev–Trinajstić information content (AvgIpc) is 2.61. The molecule has 0 aliphatic carbocycles. The van der Waals surface area contributed by atoms with Crippen molar-refractivity contribution in [1.82, 2.24) is 14.9 Å². The van der Waals surface area contributed by atoms with Crippen LogP contribution in [0.4, 0.5) is 20.4 Å². The maximum Gasteiger partial charge on any atom is 0.259 e. The summed E-state index contributed by atoms with van der Waals surface area (Å²) in [4.78, 5) is 26.7. The molecule has 0 N–H and O–H groups in total. The van der Waals surface area contributed by atoms with Gasteiger partial charge in [0.25, 0.3) is 5.91 Å². The van der Waals surface area contributed by atoms with Crippen LogP contribution in [-0.2, 0) is 0 Å². The molecule has 1 saturated heterocycles. The van der Waals surface area contributed by atoms with Gasteiger partial charge >= 0.3 is 0 Å². The van der Waals surface area contributed by atoms with Crippen LogP contribution in [0.15, 0.2) is 24.3 Å². The minimum Gasteiger partial charge on any atom is -0.363 e. The van der Waals surface area contributed by atoms with Crippen LogP contribution in [0.3, 0.4) is 0 Å². The number of carbonyl (C=O) groups excluding carboxylic acids is 1. The first-order valence-corrected chi connectivity index (χ1v) is 8.38. The lowest BCUT2D eigenvalue weighted by Gasteiger charge is -2.35. The van der Waals surface area contributed by atoms with E-state index >= 15 is 0 Å². The van der Waals surface area contributed by atoms with Gasteiger partial charge < -0.3 is 14.7 Å². The van der Waals surface area contributed by atoms with E-state index < -0.39 is 23.1 Å². The summed E-state index contributed by atoms with van der Waals surface area (Å²) >= 11 is 0. The van der Waals surface area contributed by atoms with E-state index in [2.05, 4.69) is 9.97 Å². The van der Waals surface area contributed by atoms with Gasteiger partial charge in [-0.25, -0.2) is 18.7 Å². The summed E-state index contributed by atoms with van der Waals surface area (Å²) in [6, 6.07) is 5.33. The van der Waals surface area contributed by atoms with Gasteiger partial charge in [-0.2, -0.15) is 0 Å². The van der Waals surface area contributed by atoms with Gasteiger partial charge in [-0.1, -0.05) is 6.07 Å². The Balaban J connectivity index is 1.73. The number of anilines is 2. The fourth-order valence-electron chi connectivity index (χ4n) is 2.93. The van der Waals surface area contributed by atoms with Crippen LogP contribution in [0.25, 0.3) is 0 Å². The van der Waals surface area contributed by atoms with Gasteiger partial charge in [0.05, 0.1) is 0 Å². The number of amides is 1. The molecule has 138 valence electrons. The fraction of sp³-hybridized carbons (Fsp3) is 0.389. The first-order chi connectivity index (χ1) is 12.4. The lowest BCUT2D eigenvalue weighted by molar-refractivity contribution is 0.0736. The van der Waals surface area contributed by atoms with Crippen LogP contribution < -0.4 is 9.80 Å². The number of carbonyl (C=O) groups is 1. The molecule has 1 aromatic carbocycles. The molecule has 0 atom stereocenters. The highest BCUT2D eigenvalue weighted by molar-refractivity contribution is 5.95. The van der Waals surface area contributed by atoms with Crippen LogP contribution in [0.2, 0.25) is 0 Å². The third-order valence-electron chi connectivity index (χ3n) is 4.34. The molecule has 8 heteroatoms. The fourth-order valence-corrected chi connectivity index (χ4v) is 2.93. The molecule has 0 bridgehead atoms. The zero-order valence-electron chi connectivity index (χ0n) is 15.0. The molecule has 0 saturated carbocycles. The molecular weight excluding hydrogens is 340 g/mol. The third kappa shape index (κ3) is 3.58. The highest BCUT2D eigenvalue weighted by atomic mass is 19.1. The van der Waals surface area contributed by atoms with Gasteiger partial charge in [-0.3, -0.25) is 4.79 Å². The standard InChI is InChI=1S/C18H21F2N5O/c1-12-21-15(23(2)3)11-16(22-12)24-7-9-25(10-8-24)18(26)17-13(19)5-4-6-14(17)20/h4-6,11H,7-10H2,1-3H3. The van der Waals surface area contributed by atoms with Gasteiger partial charge in [0.2, 0.25) is 0 Å². The normalized spacial score (nSPS) is 14.5. The maximum atomic E-state index is 13.8. The number of benzene rings is 1. The Labute approximate surface area is 151 Å².